The second-order valence-corrected chi connectivity index (χ2v) is 13.7. The number of benzene rings is 4. The predicted octanol–water partition coefficient (Wildman–Crippen LogP) is 12.2. The molecule has 3 nitrogen and oxygen atoms in total. The van der Waals surface area contributed by atoms with E-state index in [0.717, 1.165) is 55.2 Å². The molecule has 0 atom stereocenters. The quantitative estimate of drug-likeness (QED) is 0.0896. The van der Waals surface area contributed by atoms with E-state index < -0.39 is 0 Å². The number of thiophene rings is 1. The summed E-state index contributed by atoms with van der Waals surface area (Å²) in [5.74, 6) is 0.547. The van der Waals surface area contributed by atoms with E-state index in [1.54, 1.807) is 0 Å². The first-order valence-electron chi connectivity index (χ1n) is 17.4. The SMILES string of the molecule is CCC(CC)C(=O)/C=C(\O)C(CC)CC.[Ir].[c-]1c(-c2nccc3sc4c(c23)-c2ccccc2CC4)cc(-c2ccccc2)c2ccccc12. The Labute approximate surface area is 308 Å². The summed E-state index contributed by atoms with van der Waals surface area (Å²) in [4.78, 5) is 18.1. The van der Waals surface area contributed by atoms with E-state index in [-0.39, 0.29) is 43.5 Å². The van der Waals surface area contributed by atoms with E-state index in [2.05, 4.69) is 97.1 Å². The number of carbonyl (C=O) groups is 1. The van der Waals surface area contributed by atoms with Gasteiger partial charge in [-0.1, -0.05) is 117 Å². The third-order valence-corrected chi connectivity index (χ3v) is 11.0. The maximum Gasteiger partial charge on any atom is 0.162 e. The summed E-state index contributed by atoms with van der Waals surface area (Å²) >= 11 is 1.92. The van der Waals surface area contributed by atoms with Crippen LogP contribution in [0.5, 0.6) is 0 Å². The Kier molecular flexibility index (Phi) is 12.4. The Balaban J connectivity index is 0.000000252. The van der Waals surface area contributed by atoms with E-state index in [0.29, 0.717) is 0 Å². The molecule has 0 saturated heterocycles. The van der Waals surface area contributed by atoms with Crippen LogP contribution in [-0.2, 0) is 37.7 Å². The molecule has 0 aliphatic heterocycles. The Hall–Kier alpha value is -3.89. The van der Waals surface area contributed by atoms with Crippen molar-refractivity contribution in [2.45, 2.75) is 66.2 Å². The topological polar surface area (TPSA) is 50.2 Å². The summed E-state index contributed by atoms with van der Waals surface area (Å²) < 4.78 is 1.31. The number of hydrogen-bond acceptors (Lipinski definition) is 4. The van der Waals surface area contributed by atoms with Gasteiger partial charge < -0.3 is 5.11 Å². The molecule has 7 rings (SSSR count). The molecule has 5 heteroatoms. The normalized spacial score (nSPS) is 12.3. The minimum Gasteiger partial charge on any atom is -0.512 e. The van der Waals surface area contributed by atoms with Gasteiger partial charge in [-0.25, -0.2) is 0 Å². The number of pyridine rings is 1. The number of aryl methyl sites for hydroxylation is 2. The van der Waals surface area contributed by atoms with Crippen molar-refractivity contribution in [3.8, 4) is 33.5 Å². The van der Waals surface area contributed by atoms with Crippen LogP contribution in [0, 0.1) is 17.9 Å². The molecule has 0 unspecified atom stereocenters. The molecule has 2 heterocycles. The van der Waals surface area contributed by atoms with Gasteiger partial charge in [-0.05, 0) is 72.2 Å². The van der Waals surface area contributed by atoms with Gasteiger partial charge in [0.25, 0.3) is 0 Å². The maximum absolute atomic E-state index is 11.7. The molecule has 253 valence electrons. The van der Waals surface area contributed by atoms with Crippen LogP contribution in [0.2, 0.25) is 0 Å². The minimum absolute atomic E-state index is 0. The number of hydrogen-bond donors (Lipinski definition) is 1. The second kappa shape index (κ2) is 16.7. The van der Waals surface area contributed by atoms with Crippen molar-refractivity contribution in [2.75, 3.05) is 0 Å². The molecular weight excluding hydrogens is 799 g/mol. The summed E-state index contributed by atoms with van der Waals surface area (Å²) in [7, 11) is 0. The number of allylic oxidation sites excluding steroid dienone is 2. The molecule has 4 aromatic carbocycles. The average molecular weight is 843 g/mol. The smallest absolute Gasteiger partial charge is 0.162 e. The van der Waals surface area contributed by atoms with Crippen LogP contribution in [0.3, 0.4) is 0 Å². The van der Waals surface area contributed by atoms with Crippen LogP contribution in [0.1, 0.15) is 63.8 Å². The molecule has 0 amide bonds. The number of aromatic nitrogens is 1. The average Bonchev–Trinajstić information content (AvgIpc) is 3.52. The first-order chi connectivity index (χ1) is 23.5. The van der Waals surface area contributed by atoms with E-state index in [9.17, 15) is 9.90 Å². The van der Waals surface area contributed by atoms with Crippen molar-refractivity contribution in [1.82, 2.24) is 4.98 Å². The molecular formula is C44H44IrNO2S-. The standard InChI is InChI=1S/C31H20NS.C13H24O2.Ir/c1-2-8-20(9-3-1)26-19-23(18-22-11-5-6-12-24(22)26)31-30-28(16-17-32-31)33-27-15-14-21-10-4-7-13-25(21)29(27)30;1-5-10(6-2)12(14)9-13(15)11(7-3)8-4;/h1-13,16-17,19H,14-15H2;9-11,14H,5-8H2,1-4H3;/q-1;;/b;12-9-;. The van der Waals surface area contributed by atoms with Crippen LogP contribution >= 0.6 is 11.3 Å². The largest absolute Gasteiger partial charge is 0.512 e. The fraction of sp³-hybridized carbons (Fsp3) is 0.273. The molecule has 1 aliphatic rings. The Bertz CT molecular complexity index is 2070. The van der Waals surface area contributed by atoms with Crippen LogP contribution < -0.4 is 0 Å². The Morgan fingerprint density at radius 2 is 1.51 bits per heavy atom. The fourth-order valence-corrected chi connectivity index (χ4v) is 8.20. The summed E-state index contributed by atoms with van der Waals surface area (Å²) in [5, 5.41) is 13.4. The summed E-state index contributed by atoms with van der Waals surface area (Å²) in [6, 6.07) is 36.2. The van der Waals surface area contributed by atoms with Crippen molar-refractivity contribution in [2.24, 2.45) is 11.8 Å². The third kappa shape index (κ3) is 7.65. The van der Waals surface area contributed by atoms with E-state index in [4.69, 9.17) is 4.98 Å². The zero-order valence-electron chi connectivity index (χ0n) is 28.8. The van der Waals surface area contributed by atoms with Gasteiger partial charge in [0.15, 0.2) is 5.78 Å². The molecule has 1 N–H and O–H groups in total. The minimum atomic E-state index is 0. The number of rotatable bonds is 9. The molecule has 0 spiro atoms. The first-order valence-corrected chi connectivity index (χ1v) is 18.2. The van der Waals surface area contributed by atoms with Crippen molar-refractivity contribution < 1.29 is 30.0 Å². The van der Waals surface area contributed by atoms with Gasteiger partial charge >= 0.3 is 0 Å². The van der Waals surface area contributed by atoms with E-state index in [1.807, 2.05) is 45.2 Å². The molecule has 1 radical (unpaired) electrons. The summed E-state index contributed by atoms with van der Waals surface area (Å²) in [6.45, 7) is 8.07. The molecule has 1 aliphatic carbocycles. The number of carbonyl (C=O) groups excluding carboxylic acids is 1. The molecule has 0 fully saturated rings. The number of aliphatic hydroxyl groups excluding tert-OH is 1. The Morgan fingerprint density at radius 3 is 2.24 bits per heavy atom. The van der Waals surface area contributed by atoms with Crippen molar-refractivity contribution >= 4 is 38.0 Å². The summed E-state index contributed by atoms with van der Waals surface area (Å²) in [6.07, 6.45) is 9.07. The van der Waals surface area contributed by atoms with Crippen LogP contribution in [-0.4, -0.2) is 15.9 Å². The van der Waals surface area contributed by atoms with E-state index in [1.165, 1.54) is 54.2 Å². The fourth-order valence-electron chi connectivity index (χ4n) is 6.98. The molecule has 0 saturated carbocycles. The number of fused-ring (bicyclic) bond motifs is 6. The van der Waals surface area contributed by atoms with Gasteiger partial charge in [0.05, 0.1) is 5.76 Å². The van der Waals surface area contributed by atoms with Gasteiger partial charge in [0.1, 0.15) is 0 Å². The molecule has 2 aromatic heterocycles. The monoisotopic (exact) mass is 843 g/mol. The summed E-state index contributed by atoms with van der Waals surface area (Å²) in [5.41, 5.74) is 8.71. The van der Waals surface area contributed by atoms with E-state index >= 15 is 0 Å². The molecule has 0 bridgehead atoms. The maximum atomic E-state index is 11.7. The second-order valence-electron chi connectivity index (χ2n) is 12.6. The number of aliphatic hydroxyl groups is 1. The zero-order valence-corrected chi connectivity index (χ0v) is 32.0. The van der Waals surface area contributed by atoms with Crippen molar-refractivity contribution in [3.05, 3.63) is 126 Å². The van der Waals surface area contributed by atoms with Crippen molar-refractivity contribution in [3.63, 3.8) is 0 Å². The van der Waals surface area contributed by atoms with Gasteiger partial charge in [-0.2, -0.15) is 0 Å². The molecule has 6 aromatic rings. The number of nitrogens with zero attached hydrogens (tertiary/aromatic N) is 1. The van der Waals surface area contributed by atoms with Crippen LogP contribution in [0.4, 0.5) is 0 Å². The van der Waals surface area contributed by atoms with Gasteiger partial charge in [0.2, 0.25) is 0 Å². The van der Waals surface area contributed by atoms with Gasteiger partial charge in [-0.15, -0.1) is 34.9 Å². The Morgan fingerprint density at radius 1 is 0.837 bits per heavy atom. The number of ketones is 1. The van der Waals surface area contributed by atoms with Crippen LogP contribution in [0.25, 0.3) is 54.4 Å². The molecule has 49 heavy (non-hydrogen) atoms. The third-order valence-electron chi connectivity index (χ3n) is 9.78. The van der Waals surface area contributed by atoms with Gasteiger partial charge in [0, 0.05) is 59.5 Å². The van der Waals surface area contributed by atoms with Crippen LogP contribution in [0.15, 0.2) is 109 Å². The predicted molar refractivity (Wildman–Crippen MR) is 204 cm³/mol. The first kappa shape index (κ1) is 36.4. The van der Waals surface area contributed by atoms with Gasteiger partial charge in [-0.3, -0.25) is 9.78 Å². The van der Waals surface area contributed by atoms with Crippen molar-refractivity contribution in [1.29, 1.82) is 0 Å². The zero-order chi connectivity index (χ0) is 33.6.